The van der Waals surface area contributed by atoms with Gasteiger partial charge in [-0.25, -0.2) is 0 Å². The second-order valence-corrected chi connectivity index (χ2v) is 5.61. The first kappa shape index (κ1) is 24.0. The van der Waals surface area contributed by atoms with Crippen LogP contribution in [-0.4, -0.2) is 106 Å². The molecule has 0 aromatic rings. The van der Waals surface area contributed by atoms with Gasteiger partial charge in [-0.15, -0.1) is 0 Å². The van der Waals surface area contributed by atoms with Crippen LogP contribution in [-0.2, 0) is 41.5 Å². The molecule has 10 heteroatoms. The van der Waals surface area contributed by atoms with E-state index in [1.807, 2.05) is 0 Å². The Kier molecular flexibility index (Phi) is 19.7. The lowest BCUT2D eigenvalue weighted by Crippen LogP contribution is -2.15. The van der Waals surface area contributed by atoms with Crippen LogP contribution in [0.15, 0.2) is 0 Å². The molecule has 0 aliphatic carbocycles. The normalized spacial score (nSPS) is 24.0. The molecule has 1 rings (SSSR count). The summed E-state index contributed by atoms with van der Waals surface area (Å²) in [6, 6.07) is 0. The molecule has 9 nitrogen and oxygen atoms in total. The van der Waals surface area contributed by atoms with Crippen molar-refractivity contribution in [2.24, 2.45) is 0 Å². The summed E-state index contributed by atoms with van der Waals surface area (Å²) in [5, 5.41) is 0. The van der Waals surface area contributed by atoms with Gasteiger partial charge in [0.1, 0.15) is 0 Å². The van der Waals surface area contributed by atoms with Crippen molar-refractivity contribution >= 4 is 12.3 Å². The molecule has 0 bridgehead atoms. The largest absolute Gasteiger partial charge is 0.377 e. The molecule has 26 heavy (non-hydrogen) atoms. The van der Waals surface area contributed by atoms with Crippen LogP contribution in [0, 0.1) is 0 Å². The summed E-state index contributed by atoms with van der Waals surface area (Å²) in [5.41, 5.74) is 0. The predicted octanol–water partition coefficient (Wildman–Crippen LogP) is 0.713. The van der Waals surface area contributed by atoms with Gasteiger partial charge >= 0.3 is 0 Å². The smallest absolute Gasteiger partial charge is 0.158 e. The average Bonchev–Trinajstić information content (AvgIpc) is 2.65. The van der Waals surface area contributed by atoms with Crippen molar-refractivity contribution in [3.63, 3.8) is 0 Å². The van der Waals surface area contributed by atoms with Crippen molar-refractivity contribution in [3.05, 3.63) is 0 Å². The third kappa shape index (κ3) is 18.8. The van der Waals surface area contributed by atoms with E-state index in [-0.39, 0.29) is 0 Å². The van der Waals surface area contributed by atoms with Crippen molar-refractivity contribution < 1.29 is 41.5 Å². The summed E-state index contributed by atoms with van der Waals surface area (Å²) >= 11 is 0.950. The molecule has 1 saturated heterocycles. The standard InChI is InChI=1S/C16H32O9S/c1-3-18-5-7-20-9-11-22-13-15-24-26-25-16-14-23-12-10-21-8-6-19-4-2-17-1/h1-16H2. The molecule has 0 aromatic heterocycles. The molecule has 0 N–H and O–H groups in total. The highest BCUT2D eigenvalue weighted by atomic mass is 32.2. The first-order valence-electron chi connectivity index (χ1n) is 8.95. The maximum absolute atomic E-state index is 5.40. The van der Waals surface area contributed by atoms with E-state index in [1.54, 1.807) is 0 Å². The highest BCUT2D eigenvalue weighted by Gasteiger charge is 1.96. The lowest BCUT2D eigenvalue weighted by molar-refractivity contribution is -0.0223. The molecule has 0 spiro atoms. The molecule has 1 aliphatic rings. The van der Waals surface area contributed by atoms with Gasteiger partial charge in [0, 0.05) is 0 Å². The molecule has 0 radical (unpaired) electrons. The van der Waals surface area contributed by atoms with E-state index < -0.39 is 0 Å². The first-order valence-corrected chi connectivity index (χ1v) is 9.62. The summed E-state index contributed by atoms with van der Waals surface area (Å²) in [7, 11) is 0. The minimum Gasteiger partial charge on any atom is -0.377 e. The minimum absolute atomic E-state index is 0.449. The van der Waals surface area contributed by atoms with Crippen LogP contribution in [0.25, 0.3) is 0 Å². The van der Waals surface area contributed by atoms with Gasteiger partial charge in [-0.1, -0.05) is 0 Å². The highest BCUT2D eigenvalue weighted by Crippen LogP contribution is 2.03. The molecule has 1 aliphatic heterocycles. The Morgan fingerprint density at radius 2 is 0.462 bits per heavy atom. The van der Waals surface area contributed by atoms with Crippen LogP contribution in [0.4, 0.5) is 0 Å². The lowest BCUT2D eigenvalue weighted by Gasteiger charge is -2.09. The van der Waals surface area contributed by atoms with Gasteiger partial charge in [-0.2, -0.15) is 0 Å². The maximum atomic E-state index is 5.40. The summed E-state index contributed by atoms with van der Waals surface area (Å²) in [6.45, 7) is 8.31. The molecule has 156 valence electrons. The molecule has 0 unspecified atom stereocenters. The van der Waals surface area contributed by atoms with Gasteiger partial charge < -0.3 is 33.2 Å². The van der Waals surface area contributed by atoms with E-state index in [0.717, 1.165) is 12.3 Å². The quantitative estimate of drug-likeness (QED) is 0.542. The maximum Gasteiger partial charge on any atom is 0.158 e. The van der Waals surface area contributed by atoms with E-state index in [4.69, 9.17) is 41.5 Å². The number of hydrogen-bond donors (Lipinski definition) is 0. The van der Waals surface area contributed by atoms with Gasteiger partial charge in [0.25, 0.3) is 0 Å². The Morgan fingerprint density at radius 3 is 0.692 bits per heavy atom. The second-order valence-electron chi connectivity index (χ2n) is 5.00. The third-order valence-electron chi connectivity index (χ3n) is 2.95. The molecule has 0 atom stereocenters. The molecular weight excluding hydrogens is 368 g/mol. The molecule has 0 saturated carbocycles. The molecule has 1 fully saturated rings. The zero-order chi connectivity index (χ0) is 18.4. The first-order chi connectivity index (χ1) is 13.0. The minimum atomic E-state index is 0.449. The van der Waals surface area contributed by atoms with E-state index in [2.05, 4.69) is 0 Å². The van der Waals surface area contributed by atoms with Crippen molar-refractivity contribution in [2.75, 3.05) is 106 Å². The van der Waals surface area contributed by atoms with E-state index in [0.29, 0.717) is 106 Å². The van der Waals surface area contributed by atoms with Crippen LogP contribution in [0.3, 0.4) is 0 Å². The number of rotatable bonds is 0. The zero-order valence-corrected chi connectivity index (χ0v) is 16.2. The molecule has 1 heterocycles. The van der Waals surface area contributed by atoms with Gasteiger partial charge in [0.15, 0.2) is 12.3 Å². The fourth-order valence-electron chi connectivity index (χ4n) is 1.71. The van der Waals surface area contributed by atoms with E-state index in [1.165, 1.54) is 0 Å². The van der Waals surface area contributed by atoms with E-state index in [9.17, 15) is 0 Å². The molecule has 0 aromatic carbocycles. The highest BCUT2D eigenvalue weighted by molar-refractivity contribution is 7.89. The monoisotopic (exact) mass is 400 g/mol. The summed E-state index contributed by atoms with van der Waals surface area (Å²) in [5.74, 6) is 0. The summed E-state index contributed by atoms with van der Waals surface area (Å²) < 4.78 is 48.1. The van der Waals surface area contributed by atoms with Gasteiger partial charge in [0.05, 0.1) is 106 Å². The SMILES string of the molecule is C1COCCOCCOCCOSOCCOCCOCCOCCO1. The summed E-state index contributed by atoms with van der Waals surface area (Å²) in [4.78, 5) is 0. The fraction of sp³-hybridized carbons (Fsp3) is 1.00. The van der Waals surface area contributed by atoms with Crippen molar-refractivity contribution in [1.29, 1.82) is 0 Å². The predicted molar refractivity (Wildman–Crippen MR) is 95.2 cm³/mol. The van der Waals surface area contributed by atoms with Gasteiger partial charge in [-0.3, -0.25) is 8.37 Å². The lowest BCUT2D eigenvalue weighted by atomic mass is 10.6. The molecule has 0 amide bonds. The van der Waals surface area contributed by atoms with E-state index >= 15 is 0 Å². The molecular formula is C16H32O9S. The number of ether oxygens (including phenoxy) is 7. The van der Waals surface area contributed by atoms with Crippen LogP contribution < -0.4 is 0 Å². The second kappa shape index (κ2) is 21.3. The third-order valence-corrected chi connectivity index (χ3v) is 3.48. The Balaban J connectivity index is 2.00. The fourth-order valence-corrected chi connectivity index (χ4v) is 2.05. The Morgan fingerprint density at radius 1 is 0.269 bits per heavy atom. The average molecular weight is 400 g/mol. The van der Waals surface area contributed by atoms with Crippen LogP contribution >= 0.6 is 12.3 Å². The topological polar surface area (TPSA) is 83.1 Å². The van der Waals surface area contributed by atoms with Crippen molar-refractivity contribution in [2.45, 2.75) is 0 Å². The Bertz CT molecular complexity index is 152. The zero-order valence-electron chi connectivity index (χ0n) is 15.4. The number of hydrogen-bond acceptors (Lipinski definition) is 10. The summed E-state index contributed by atoms with van der Waals surface area (Å²) in [6.07, 6.45) is 0. The Labute approximate surface area is 160 Å². The van der Waals surface area contributed by atoms with Crippen LogP contribution in [0.2, 0.25) is 0 Å². The van der Waals surface area contributed by atoms with Crippen LogP contribution in [0.1, 0.15) is 0 Å². The van der Waals surface area contributed by atoms with Gasteiger partial charge in [0.2, 0.25) is 0 Å². The van der Waals surface area contributed by atoms with Crippen LogP contribution in [0.5, 0.6) is 0 Å². The van der Waals surface area contributed by atoms with Crippen molar-refractivity contribution in [3.8, 4) is 0 Å². The van der Waals surface area contributed by atoms with Gasteiger partial charge in [-0.05, 0) is 0 Å². The Hall–Kier alpha value is -0.0100. The van der Waals surface area contributed by atoms with Crippen molar-refractivity contribution in [1.82, 2.24) is 0 Å².